The standard InChI is InChI=1S/C21H24N4O/c22-12-17(26)13-23-20-11-21(24-19-8-4-3-7-18(19)20)25-10-9-15-5-1-2-6-16(15)14-25/h1-8,11,17,26H,9-10,12-14,22H2,(H,23,24). The van der Waals surface area contributed by atoms with E-state index in [0.717, 1.165) is 41.9 Å². The molecule has 0 aliphatic carbocycles. The van der Waals surface area contributed by atoms with Crippen LogP contribution in [0.4, 0.5) is 11.5 Å². The first-order chi connectivity index (χ1) is 12.7. The van der Waals surface area contributed by atoms with Gasteiger partial charge in [0.1, 0.15) is 5.82 Å². The molecule has 5 heteroatoms. The second kappa shape index (κ2) is 7.32. The minimum absolute atomic E-state index is 0.242. The van der Waals surface area contributed by atoms with E-state index in [1.165, 1.54) is 11.1 Å². The molecule has 5 nitrogen and oxygen atoms in total. The summed E-state index contributed by atoms with van der Waals surface area (Å²) >= 11 is 0. The van der Waals surface area contributed by atoms with Crippen molar-refractivity contribution in [2.24, 2.45) is 5.73 Å². The van der Waals surface area contributed by atoms with Gasteiger partial charge in [-0.15, -0.1) is 0 Å². The molecule has 0 radical (unpaired) electrons. The van der Waals surface area contributed by atoms with Gasteiger partial charge in [-0.05, 0) is 23.6 Å². The van der Waals surface area contributed by atoms with Crippen molar-refractivity contribution < 1.29 is 5.11 Å². The Balaban J connectivity index is 1.67. The normalized spacial score (nSPS) is 14.9. The summed E-state index contributed by atoms with van der Waals surface area (Å²) < 4.78 is 0. The first-order valence-corrected chi connectivity index (χ1v) is 9.08. The average Bonchev–Trinajstić information content (AvgIpc) is 2.71. The maximum absolute atomic E-state index is 9.81. The van der Waals surface area contributed by atoms with Crippen molar-refractivity contribution in [3.63, 3.8) is 0 Å². The number of hydrogen-bond donors (Lipinski definition) is 3. The predicted octanol–water partition coefficient (Wildman–Crippen LogP) is 2.53. The van der Waals surface area contributed by atoms with Crippen LogP contribution >= 0.6 is 0 Å². The number of rotatable bonds is 5. The Hall–Kier alpha value is -2.63. The second-order valence-corrected chi connectivity index (χ2v) is 6.76. The van der Waals surface area contributed by atoms with Crippen LogP contribution in [0.1, 0.15) is 11.1 Å². The Labute approximate surface area is 153 Å². The van der Waals surface area contributed by atoms with E-state index in [1.807, 2.05) is 18.2 Å². The number of nitrogens with one attached hydrogen (secondary N) is 1. The van der Waals surface area contributed by atoms with Gasteiger partial charge in [0.05, 0.1) is 11.6 Å². The van der Waals surface area contributed by atoms with E-state index in [2.05, 4.69) is 46.6 Å². The van der Waals surface area contributed by atoms with E-state index in [1.54, 1.807) is 0 Å². The predicted molar refractivity (Wildman–Crippen MR) is 106 cm³/mol. The Morgan fingerprint density at radius 2 is 1.88 bits per heavy atom. The molecular weight excluding hydrogens is 324 g/mol. The number of aromatic nitrogens is 1. The molecule has 1 atom stereocenters. The van der Waals surface area contributed by atoms with Crippen molar-refractivity contribution in [2.45, 2.75) is 19.1 Å². The van der Waals surface area contributed by atoms with Crippen LogP contribution in [0.3, 0.4) is 0 Å². The van der Waals surface area contributed by atoms with Crippen molar-refractivity contribution in [1.82, 2.24) is 4.98 Å². The minimum atomic E-state index is -0.563. The average molecular weight is 348 g/mol. The summed E-state index contributed by atoms with van der Waals surface area (Å²) in [5.41, 5.74) is 10.3. The van der Waals surface area contributed by atoms with Gasteiger partial charge < -0.3 is 21.1 Å². The summed E-state index contributed by atoms with van der Waals surface area (Å²) in [5.74, 6) is 0.961. The van der Waals surface area contributed by atoms with Gasteiger partial charge in [-0.2, -0.15) is 0 Å². The zero-order valence-electron chi connectivity index (χ0n) is 14.7. The minimum Gasteiger partial charge on any atom is -0.390 e. The smallest absolute Gasteiger partial charge is 0.131 e. The number of pyridine rings is 1. The van der Waals surface area contributed by atoms with E-state index in [-0.39, 0.29) is 6.54 Å². The topological polar surface area (TPSA) is 74.4 Å². The third-order valence-electron chi connectivity index (χ3n) is 4.96. The Morgan fingerprint density at radius 3 is 2.73 bits per heavy atom. The van der Waals surface area contributed by atoms with Gasteiger partial charge in [-0.25, -0.2) is 4.98 Å². The fraction of sp³-hybridized carbons (Fsp3) is 0.286. The Kier molecular flexibility index (Phi) is 4.73. The third kappa shape index (κ3) is 3.36. The zero-order valence-corrected chi connectivity index (χ0v) is 14.7. The highest BCUT2D eigenvalue weighted by Crippen LogP contribution is 2.30. The third-order valence-corrected chi connectivity index (χ3v) is 4.96. The zero-order chi connectivity index (χ0) is 17.9. The molecule has 3 aromatic rings. The molecule has 1 aliphatic heterocycles. The van der Waals surface area contributed by atoms with Crippen molar-refractivity contribution in [2.75, 3.05) is 29.9 Å². The summed E-state index contributed by atoms with van der Waals surface area (Å²) in [5, 5.41) is 14.2. The molecule has 2 aromatic carbocycles. The number of aliphatic hydroxyl groups is 1. The first-order valence-electron chi connectivity index (χ1n) is 9.08. The molecule has 0 bridgehead atoms. The molecule has 0 saturated carbocycles. The molecular formula is C21H24N4O. The summed E-state index contributed by atoms with van der Waals surface area (Å²) in [7, 11) is 0. The molecule has 4 N–H and O–H groups in total. The van der Waals surface area contributed by atoms with Crippen LogP contribution in [0.25, 0.3) is 10.9 Å². The maximum atomic E-state index is 9.81. The van der Waals surface area contributed by atoms with Gasteiger partial charge in [0.2, 0.25) is 0 Å². The van der Waals surface area contributed by atoms with Gasteiger partial charge >= 0.3 is 0 Å². The number of aliphatic hydroxyl groups excluding tert-OH is 1. The molecule has 2 heterocycles. The maximum Gasteiger partial charge on any atom is 0.131 e. The van der Waals surface area contributed by atoms with Crippen molar-refractivity contribution >= 4 is 22.4 Å². The fourth-order valence-corrected chi connectivity index (χ4v) is 3.47. The summed E-state index contributed by atoms with van der Waals surface area (Å²) in [6, 6.07) is 18.8. The highest BCUT2D eigenvalue weighted by Gasteiger charge is 2.18. The Morgan fingerprint density at radius 1 is 1.12 bits per heavy atom. The van der Waals surface area contributed by atoms with Crippen LogP contribution in [0.5, 0.6) is 0 Å². The molecule has 1 unspecified atom stereocenters. The number of benzene rings is 2. The summed E-state index contributed by atoms with van der Waals surface area (Å²) in [6.45, 7) is 2.48. The molecule has 0 fully saturated rings. The van der Waals surface area contributed by atoms with E-state index in [0.29, 0.717) is 6.54 Å². The Bertz CT molecular complexity index is 911. The van der Waals surface area contributed by atoms with Crippen molar-refractivity contribution in [3.05, 3.63) is 65.7 Å². The van der Waals surface area contributed by atoms with Crippen LogP contribution < -0.4 is 16.0 Å². The highest BCUT2D eigenvalue weighted by atomic mass is 16.3. The quantitative estimate of drug-likeness (QED) is 0.661. The van der Waals surface area contributed by atoms with Gasteiger partial charge in [0, 0.05) is 43.3 Å². The molecule has 1 aliphatic rings. The van der Waals surface area contributed by atoms with Crippen molar-refractivity contribution in [3.8, 4) is 0 Å². The SMILES string of the molecule is NCC(O)CNc1cc(N2CCc3ccccc3C2)nc2ccccc12. The van der Waals surface area contributed by atoms with Gasteiger partial charge in [0.25, 0.3) is 0 Å². The van der Waals surface area contributed by atoms with Crippen LogP contribution in [0.15, 0.2) is 54.6 Å². The summed E-state index contributed by atoms with van der Waals surface area (Å²) in [4.78, 5) is 7.20. The van der Waals surface area contributed by atoms with E-state index < -0.39 is 6.10 Å². The number of nitrogens with two attached hydrogens (primary N) is 1. The first kappa shape index (κ1) is 16.8. The van der Waals surface area contributed by atoms with Gasteiger partial charge in [-0.1, -0.05) is 42.5 Å². The number of nitrogens with zero attached hydrogens (tertiary/aromatic N) is 2. The molecule has 134 valence electrons. The van der Waals surface area contributed by atoms with Gasteiger partial charge in [0.15, 0.2) is 0 Å². The largest absolute Gasteiger partial charge is 0.390 e. The highest BCUT2D eigenvalue weighted by molar-refractivity contribution is 5.93. The molecule has 0 spiro atoms. The molecule has 0 amide bonds. The van der Waals surface area contributed by atoms with E-state index >= 15 is 0 Å². The molecule has 26 heavy (non-hydrogen) atoms. The lowest BCUT2D eigenvalue weighted by Gasteiger charge is -2.30. The van der Waals surface area contributed by atoms with Crippen LogP contribution in [-0.2, 0) is 13.0 Å². The number of fused-ring (bicyclic) bond motifs is 2. The van der Waals surface area contributed by atoms with Crippen LogP contribution in [0.2, 0.25) is 0 Å². The van der Waals surface area contributed by atoms with Crippen LogP contribution in [0, 0.1) is 0 Å². The number of anilines is 2. The van der Waals surface area contributed by atoms with Crippen molar-refractivity contribution in [1.29, 1.82) is 0 Å². The molecule has 0 saturated heterocycles. The lowest BCUT2D eigenvalue weighted by Crippen LogP contribution is -2.31. The van der Waals surface area contributed by atoms with Crippen LogP contribution in [-0.4, -0.2) is 35.8 Å². The fourth-order valence-electron chi connectivity index (χ4n) is 3.47. The molecule has 4 rings (SSSR count). The van der Waals surface area contributed by atoms with E-state index in [4.69, 9.17) is 10.7 Å². The molecule has 1 aromatic heterocycles. The van der Waals surface area contributed by atoms with E-state index in [9.17, 15) is 5.11 Å². The summed E-state index contributed by atoms with van der Waals surface area (Å²) in [6.07, 6.45) is 0.464. The number of hydrogen-bond acceptors (Lipinski definition) is 5. The van der Waals surface area contributed by atoms with Gasteiger partial charge in [-0.3, -0.25) is 0 Å². The lowest BCUT2D eigenvalue weighted by molar-refractivity contribution is 0.196. The monoisotopic (exact) mass is 348 g/mol. The lowest BCUT2D eigenvalue weighted by atomic mass is 10.00. The second-order valence-electron chi connectivity index (χ2n) is 6.76. The number of para-hydroxylation sites is 1.